The molecule has 0 saturated carbocycles. The number of aliphatic hydroxyl groups is 1. The predicted octanol–water partition coefficient (Wildman–Crippen LogP) is 1.65. The van der Waals surface area contributed by atoms with Crippen molar-refractivity contribution in [3.8, 4) is 0 Å². The molecule has 1 N–H and O–H groups in total. The molecule has 1 aliphatic rings. The summed E-state index contributed by atoms with van der Waals surface area (Å²) in [5.41, 5.74) is 1.35. The standard InChI is InChI=1S/C11H12N2O/c1-11(14)6-7-13-9-5-3-2-4-8(9)12-10(11)13/h2-5,14H,6-7H2,1H3. The van der Waals surface area contributed by atoms with E-state index in [2.05, 4.69) is 9.55 Å². The van der Waals surface area contributed by atoms with Crippen molar-refractivity contribution in [2.24, 2.45) is 0 Å². The lowest BCUT2D eigenvalue weighted by molar-refractivity contribution is 0.0553. The lowest BCUT2D eigenvalue weighted by Gasteiger charge is -2.12. The third kappa shape index (κ3) is 0.876. The highest BCUT2D eigenvalue weighted by Gasteiger charge is 2.35. The number of para-hydroxylation sites is 2. The fourth-order valence-corrected chi connectivity index (χ4v) is 2.15. The fraction of sp³-hybridized carbons (Fsp3) is 0.364. The number of rotatable bonds is 0. The van der Waals surface area contributed by atoms with E-state index in [-0.39, 0.29) is 0 Å². The lowest BCUT2D eigenvalue weighted by atomic mass is 10.1. The summed E-state index contributed by atoms with van der Waals surface area (Å²) in [4.78, 5) is 4.46. The average molecular weight is 188 g/mol. The number of aromatic nitrogens is 2. The number of hydrogen-bond donors (Lipinski definition) is 1. The molecule has 3 rings (SSSR count). The van der Waals surface area contributed by atoms with Gasteiger partial charge in [0.25, 0.3) is 0 Å². The summed E-state index contributed by atoms with van der Waals surface area (Å²) >= 11 is 0. The van der Waals surface area contributed by atoms with Gasteiger partial charge in [-0.15, -0.1) is 0 Å². The first kappa shape index (κ1) is 8.00. The Morgan fingerprint density at radius 3 is 3.07 bits per heavy atom. The van der Waals surface area contributed by atoms with Crippen LogP contribution < -0.4 is 0 Å². The zero-order valence-corrected chi connectivity index (χ0v) is 8.07. The quantitative estimate of drug-likeness (QED) is 0.682. The summed E-state index contributed by atoms with van der Waals surface area (Å²) < 4.78 is 2.11. The van der Waals surface area contributed by atoms with Gasteiger partial charge in [0, 0.05) is 13.0 Å². The smallest absolute Gasteiger partial charge is 0.141 e. The van der Waals surface area contributed by atoms with Gasteiger partial charge in [-0.1, -0.05) is 12.1 Å². The van der Waals surface area contributed by atoms with E-state index < -0.39 is 5.60 Å². The molecule has 0 aliphatic carbocycles. The molecular weight excluding hydrogens is 176 g/mol. The number of aryl methyl sites for hydroxylation is 1. The molecule has 0 radical (unpaired) electrons. The van der Waals surface area contributed by atoms with Gasteiger partial charge in [-0.25, -0.2) is 4.98 Å². The maximum atomic E-state index is 10.1. The van der Waals surface area contributed by atoms with Crippen molar-refractivity contribution in [1.82, 2.24) is 9.55 Å². The van der Waals surface area contributed by atoms with Gasteiger partial charge in [-0.3, -0.25) is 0 Å². The average Bonchev–Trinajstić information content (AvgIpc) is 2.65. The highest BCUT2D eigenvalue weighted by atomic mass is 16.3. The molecule has 0 amide bonds. The summed E-state index contributed by atoms with van der Waals surface area (Å²) in [5, 5.41) is 10.1. The second-order valence-corrected chi connectivity index (χ2v) is 4.10. The van der Waals surface area contributed by atoms with Gasteiger partial charge in [0.1, 0.15) is 11.4 Å². The second-order valence-electron chi connectivity index (χ2n) is 4.10. The van der Waals surface area contributed by atoms with Gasteiger partial charge in [0.15, 0.2) is 0 Å². The van der Waals surface area contributed by atoms with Crippen molar-refractivity contribution in [2.45, 2.75) is 25.5 Å². The lowest BCUT2D eigenvalue weighted by Crippen LogP contribution is -2.17. The van der Waals surface area contributed by atoms with Crippen LogP contribution in [0.2, 0.25) is 0 Å². The Labute approximate surface area is 82.0 Å². The summed E-state index contributed by atoms with van der Waals surface area (Å²) in [6.45, 7) is 2.70. The van der Waals surface area contributed by atoms with Crippen molar-refractivity contribution < 1.29 is 5.11 Å². The fourth-order valence-electron chi connectivity index (χ4n) is 2.15. The number of nitrogens with zero attached hydrogens (tertiary/aromatic N) is 2. The third-order valence-electron chi connectivity index (χ3n) is 2.96. The minimum absolute atomic E-state index is 0.751. The van der Waals surface area contributed by atoms with Gasteiger partial charge in [0.05, 0.1) is 11.0 Å². The molecule has 1 unspecified atom stereocenters. The molecule has 1 aliphatic heterocycles. The van der Waals surface area contributed by atoms with E-state index in [0.29, 0.717) is 0 Å². The van der Waals surface area contributed by atoms with E-state index in [0.717, 1.165) is 29.8 Å². The maximum absolute atomic E-state index is 10.1. The van der Waals surface area contributed by atoms with Gasteiger partial charge in [-0.2, -0.15) is 0 Å². The second kappa shape index (κ2) is 2.36. The third-order valence-corrected chi connectivity index (χ3v) is 2.96. The van der Waals surface area contributed by atoms with Gasteiger partial charge in [0.2, 0.25) is 0 Å². The molecule has 1 aromatic carbocycles. The molecule has 1 atom stereocenters. The van der Waals surface area contributed by atoms with E-state index in [1.165, 1.54) is 0 Å². The molecule has 72 valence electrons. The normalized spacial score (nSPS) is 25.6. The van der Waals surface area contributed by atoms with Crippen LogP contribution in [0.1, 0.15) is 19.2 Å². The van der Waals surface area contributed by atoms with Crippen molar-refractivity contribution in [3.63, 3.8) is 0 Å². The Kier molecular flexibility index (Phi) is 1.35. The van der Waals surface area contributed by atoms with Crippen LogP contribution in [0.25, 0.3) is 11.0 Å². The highest BCUT2D eigenvalue weighted by Crippen LogP contribution is 2.34. The van der Waals surface area contributed by atoms with Crippen LogP contribution in [0.3, 0.4) is 0 Å². The van der Waals surface area contributed by atoms with E-state index in [1.807, 2.05) is 31.2 Å². The van der Waals surface area contributed by atoms with Crippen molar-refractivity contribution in [2.75, 3.05) is 0 Å². The van der Waals surface area contributed by atoms with E-state index in [1.54, 1.807) is 0 Å². The first-order valence-corrected chi connectivity index (χ1v) is 4.87. The maximum Gasteiger partial charge on any atom is 0.141 e. The Bertz CT molecular complexity index is 499. The Hall–Kier alpha value is -1.35. The van der Waals surface area contributed by atoms with Crippen LogP contribution in [0.15, 0.2) is 24.3 Å². The number of imidazole rings is 1. The van der Waals surface area contributed by atoms with E-state index in [4.69, 9.17) is 0 Å². The minimum Gasteiger partial charge on any atom is -0.382 e. The summed E-state index contributed by atoms with van der Waals surface area (Å²) in [5.74, 6) is 0.804. The summed E-state index contributed by atoms with van der Waals surface area (Å²) in [7, 11) is 0. The topological polar surface area (TPSA) is 38.0 Å². The molecule has 0 fully saturated rings. The number of fused-ring (bicyclic) bond motifs is 3. The first-order chi connectivity index (χ1) is 6.68. The molecule has 0 bridgehead atoms. The largest absolute Gasteiger partial charge is 0.382 e. The Balaban J connectivity index is 2.37. The highest BCUT2D eigenvalue weighted by molar-refractivity contribution is 5.76. The van der Waals surface area contributed by atoms with Crippen LogP contribution in [0.5, 0.6) is 0 Å². The zero-order chi connectivity index (χ0) is 9.76. The number of benzene rings is 1. The molecule has 3 heteroatoms. The summed E-state index contributed by atoms with van der Waals surface area (Å²) in [6, 6.07) is 8.01. The van der Waals surface area contributed by atoms with Crippen LogP contribution in [-0.2, 0) is 12.1 Å². The molecule has 14 heavy (non-hydrogen) atoms. The van der Waals surface area contributed by atoms with Crippen LogP contribution >= 0.6 is 0 Å². The van der Waals surface area contributed by atoms with Crippen LogP contribution in [-0.4, -0.2) is 14.7 Å². The van der Waals surface area contributed by atoms with E-state index in [9.17, 15) is 5.11 Å². The van der Waals surface area contributed by atoms with Crippen molar-refractivity contribution in [3.05, 3.63) is 30.1 Å². The van der Waals surface area contributed by atoms with Crippen molar-refractivity contribution in [1.29, 1.82) is 0 Å². The van der Waals surface area contributed by atoms with Crippen LogP contribution in [0, 0.1) is 0 Å². The molecule has 0 saturated heterocycles. The SMILES string of the molecule is CC1(O)CCn2c1nc1ccccc12. The number of hydrogen-bond acceptors (Lipinski definition) is 2. The molecular formula is C11H12N2O. The van der Waals surface area contributed by atoms with Crippen LogP contribution in [0.4, 0.5) is 0 Å². The van der Waals surface area contributed by atoms with Gasteiger partial charge in [-0.05, 0) is 19.1 Å². The Morgan fingerprint density at radius 2 is 2.21 bits per heavy atom. The van der Waals surface area contributed by atoms with E-state index >= 15 is 0 Å². The summed E-state index contributed by atoms with van der Waals surface area (Å²) in [6.07, 6.45) is 0.764. The molecule has 2 heterocycles. The zero-order valence-electron chi connectivity index (χ0n) is 8.07. The Morgan fingerprint density at radius 1 is 1.43 bits per heavy atom. The molecule has 0 spiro atoms. The van der Waals surface area contributed by atoms with Gasteiger partial charge < -0.3 is 9.67 Å². The predicted molar refractivity (Wildman–Crippen MR) is 53.9 cm³/mol. The first-order valence-electron chi connectivity index (χ1n) is 4.87. The van der Waals surface area contributed by atoms with Crippen molar-refractivity contribution >= 4 is 11.0 Å². The minimum atomic E-state index is -0.751. The van der Waals surface area contributed by atoms with Gasteiger partial charge >= 0.3 is 0 Å². The molecule has 1 aromatic heterocycles. The molecule has 3 nitrogen and oxygen atoms in total. The molecule has 2 aromatic rings. The monoisotopic (exact) mass is 188 g/mol.